The monoisotopic (exact) mass is 206 g/mol. The Morgan fingerprint density at radius 1 is 1.31 bits per heavy atom. The maximum Gasteiger partial charge on any atom is 1.00 e. The molecular formula is C9H8FKO2. The quantitative estimate of drug-likeness (QED) is 0.513. The van der Waals surface area contributed by atoms with Crippen LogP contribution < -0.4 is 56.5 Å². The smallest absolute Gasteiger partial charge is 0.550 e. The molecule has 0 heterocycles. The zero-order chi connectivity index (χ0) is 8.97. The second kappa shape index (κ2) is 6.67. The average Bonchev–Trinajstić information content (AvgIpc) is 2.03. The molecule has 0 bridgehead atoms. The summed E-state index contributed by atoms with van der Waals surface area (Å²) in [6.45, 7) is 0. The Labute approximate surface area is 119 Å². The molecule has 0 amide bonds. The van der Waals surface area contributed by atoms with Crippen LogP contribution in [0.15, 0.2) is 24.3 Å². The minimum Gasteiger partial charge on any atom is -0.550 e. The van der Waals surface area contributed by atoms with Crippen LogP contribution >= 0.6 is 0 Å². The summed E-state index contributed by atoms with van der Waals surface area (Å²) >= 11 is 0. The normalized spacial score (nSPS) is 9.00. The number of aryl methyl sites for hydroxylation is 1. The van der Waals surface area contributed by atoms with Crippen molar-refractivity contribution in [2.24, 2.45) is 0 Å². The second-order valence-corrected chi connectivity index (χ2v) is 2.50. The van der Waals surface area contributed by atoms with Gasteiger partial charge in [0.25, 0.3) is 0 Å². The van der Waals surface area contributed by atoms with Gasteiger partial charge in [-0.2, -0.15) is 0 Å². The molecule has 0 aliphatic carbocycles. The first kappa shape index (κ1) is 13.3. The van der Waals surface area contributed by atoms with Gasteiger partial charge in [-0.05, 0) is 30.5 Å². The molecule has 0 fully saturated rings. The summed E-state index contributed by atoms with van der Waals surface area (Å²) in [7, 11) is 0. The van der Waals surface area contributed by atoms with E-state index >= 15 is 0 Å². The molecule has 0 aliphatic heterocycles. The number of carboxylic acid groups (broad SMARTS) is 1. The van der Waals surface area contributed by atoms with E-state index in [-0.39, 0.29) is 63.6 Å². The maximum absolute atomic E-state index is 12.4. The first-order valence-electron chi connectivity index (χ1n) is 3.63. The van der Waals surface area contributed by atoms with Crippen LogP contribution in [0.4, 0.5) is 4.39 Å². The van der Waals surface area contributed by atoms with Gasteiger partial charge in [0.15, 0.2) is 0 Å². The molecule has 1 aromatic carbocycles. The number of carbonyl (C=O) groups excluding carboxylic acids is 1. The third kappa shape index (κ3) is 5.54. The number of halogens is 1. The Bertz CT molecular complexity index is 271. The fourth-order valence-electron chi connectivity index (χ4n) is 0.897. The van der Waals surface area contributed by atoms with E-state index in [1.807, 2.05) is 0 Å². The van der Waals surface area contributed by atoms with Crippen molar-refractivity contribution in [3.8, 4) is 0 Å². The van der Waals surface area contributed by atoms with E-state index in [9.17, 15) is 14.3 Å². The summed E-state index contributed by atoms with van der Waals surface area (Å²) in [6, 6.07) is 5.76. The molecule has 2 nitrogen and oxygen atoms in total. The molecule has 4 heteroatoms. The molecule has 0 N–H and O–H groups in total. The first-order chi connectivity index (χ1) is 5.68. The van der Waals surface area contributed by atoms with Crippen LogP contribution in [0.1, 0.15) is 12.0 Å². The molecular weight excluding hydrogens is 198 g/mol. The fourth-order valence-corrected chi connectivity index (χ4v) is 0.897. The third-order valence-corrected chi connectivity index (χ3v) is 1.53. The molecule has 13 heavy (non-hydrogen) atoms. The van der Waals surface area contributed by atoms with Gasteiger partial charge in [-0.1, -0.05) is 12.1 Å². The van der Waals surface area contributed by atoms with Crippen LogP contribution in [0.5, 0.6) is 0 Å². The molecule has 1 rings (SSSR count). The van der Waals surface area contributed by atoms with Crippen molar-refractivity contribution >= 4 is 5.97 Å². The summed E-state index contributed by atoms with van der Waals surface area (Å²) in [4.78, 5) is 10.1. The van der Waals surface area contributed by atoms with E-state index in [1.54, 1.807) is 12.1 Å². The van der Waals surface area contributed by atoms with Gasteiger partial charge < -0.3 is 9.90 Å². The second-order valence-electron chi connectivity index (χ2n) is 2.50. The van der Waals surface area contributed by atoms with Crippen LogP contribution in [-0.2, 0) is 11.2 Å². The summed E-state index contributed by atoms with van der Waals surface area (Å²) < 4.78 is 12.4. The minimum atomic E-state index is -1.08. The summed E-state index contributed by atoms with van der Waals surface area (Å²) in [5.74, 6) is -1.40. The van der Waals surface area contributed by atoms with Crippen LogP contribution in [0.25, 0.3) is 0 Å². The zero-order valence-electron chi connectivity index (χ0n) is 7.42. The van der Waals surface area contributed by atoms with E-state index in [2.05, 4.69) is 0 Å². The minimum absolute atomic E-state index is 0. The molecule has 0 unspecified atom stereocenters. The van der Waals surface area contributed by atoms with Crippen molar-refractivity contribution in [2.75, 3.05) is 0 Å². The number of carbonyl (C=O) groups is 1. The summed E-state index contributed by atoms with van der Waals surface area (Å²) in [5.41, 5.74) is 0.806. The Kier molecular flexibility index (Phi) is 6.80. The SMILES string of the molecule is O=C([O-])CCc1ccc(F)cc1.[K+]. The molecule has 0 spiro atoms. The standard InChI is InChI=1S/C9H9FO2.K/c10-8-4-1-7(2-5-8)3-6-9(11)12;/h1-2,4-5H,3,6H2,(H,11,12);/q;+1/p-1. The Morgan fingerprint density at radius 3 is 2.31 bits per heavy atom. The Balaban J connectivity index is 0.00000144. The average molecular weight is 206 g/mol. The molecule has 0 atom stereocenters. The van der Waals surface area contributed by atoms with E-state index in [0.29, 0.717) is 6.42 Å². The van der Waals surface area contributed by atoms with Gasteiger partial charge in [0.2, 0.25) is 0 Å². The van der Waals surface area contributed by atoms with Crippen molar-refractivity contribution in [2.45, 2.75) is 12.8 Å². The van der Waals surface area contributed by atoms with Crippen LogP contribution in [-0.4, -0.2) is 5.97 Å². The maximum atomic E-state index is 12.4. The van der Waals surface area contributed by atoms with Gasteiger partial charge in [-0.25, -0.2) is 4.39 Å². The van der Waals surface area contributed by atoms with E-state index in [1.165, 1.54) is 12.1 Å². The largest absolute Gasteiger partial charge is 1.00 e. The number of rotatable bonds is 3. The number of hydrogen-bond acceptors (Lipinski definition) is 2. The van der Waals surface area contributed by atoms with Gasteiger partial charge in [-0.3, -0.25) is 0 Å². The summed E-state index contributed by atoms with van der Waals surface area (Å²) in [5, 5.41) is 10.1. The predicted octanol–water partition coefficient (Wildman–Crippen LogP) is -2.49. The number of aliphatic carboxylic acids is 1. The van der Waals surface area contributed by atoms with Crippen molar-refractivity contribution in [3.05, 3.63) is 35.6 Å². The number of carboxylic acids is 1. The third-order valence-electron chi connectivity index (χ3n) is 1.53. The molecule has 0 aromatic heterocycles. The fraction of sp³-hybridized carbons (Fsp3) is 0.222. The van der Waals surface area contributed by atoms with Gasteiger partial charge in [-0.15, -0.1) is 0 Å². The summed E-state index contributed by atoms with van der Waals surface area (Å²) in [6.07, 6.45) is 0.369. The van der Waals surface area contributed by atoms with Crippen molar-refractivity contribution in [1.29, 1.82) is 0 Å². The van der Waals surface area contributed by atoms with Crippen LogP contribution in [0, 0.1) is 5.82 Å². The van der Waals surface area contributed by atoms with E-state index in [4.69, 9.17) is 0 Å². The predicted molar refractivity (Wildman–Crippen MR) is 39.7 cm³/mol. The zero-order valence-corrected chi connectivity index (χ0v) is 10.5. The molecule has 0 saturated heterocycles. The van der Waals surface area contributed by atoms with Gasteiger partial charge in [0.05, 0.1) is 0 Å². The topological polar surface area (TPSA) is 40.1 Å². The van der Waals surface area contributed by atoms with Gasteiger partial charge in [0, 0.05) is 5.97 Å². The molecule has 64 valence electrons. The van der Waals surface area contributed by atoms with Crippen molar-refractivity contribution in [1.82, 2.24) is 0 Å². The Morgan fingerprint density at radius 2 is 1.85 bits per heavy atom. The number of hydrogen-bond donors (Lipinski definition) is 0. The molecule has 0 saturated carbocycles. The van der Waals surface area contributed by atoms with Gasteiger partial charge >= 0.3 is 51.4 Å². The van der Waals surface area contributed by atoms with Crippen LogP contribution in [0.2, 0.25) is 0 Å². The molecule has 0 radical (unpaired) electrons. The van der Waals surface area contributed by atoms with Crippen molar-refractivity contribution < 1.29 is 65.7 Å². The van der Waals surface area contributed by atoms with Crippen molar-refractivity contribution in [3.63, 3.8) is 0 Å². The first-order valence-corrected chi connectivity index (χ1v) is 3.63. The van der Waals surface area contributed by atoms with Crippen LogP contribution in [0.3, 0.4) is 0 Å². The molecule has 1 aromatic rings. The van der Waals surface area contributed by atoms with E-state index in [0.717, 1.165) is 5.56 Å². The number of benzene rings is 1. The van der Waals surface area contributed by atoms with Gasteiger partial charge in [0.1, 0.15) is 5.82 Å². The molecule has 0 aliphatic rings. The van der Waals surface area contributed by atoms with E-state index < -0.39 is 5.97 Å². The Hall–Kier alpha value is 0.256.